The Hall–Kier alpha value is -1.92. The van der Waals surface area contributed by atoms with Crippen LogP contribution in [0.2, 0.25) is 0 Å². The summed E-state index contributed by atoms with van der Waals surface area (Å²) in [7, 11) is 1.49. The van der Waals surface area contributed by atoms with Gasteiger partial charge in [0.2, 0.25) is 0 Å². The Morgan fingerprint density at radius 3 is 2.67 bits per heavy atom. The zero-order valence-corrected chi connectivity index (χ0v) is 10.5. The zero-order chi connectivity index (χ0) is 13.9. The summed E-state index contributed by atoms with van der Waals surface area (Å²) in [6.07, 6.45) is -2.49. The van der Waals surface area contributed by atoms with E-state index in [1.54, 1.807) is 19.9 Å². The monoisotopic (exact) mass is 258 g/mol. The largest absolute Gasteiger partial charge is 0.409 e. The molecule has 0 aromatic carbocycles. The third kappa shape index (κ3) is 3.06. The standard InChI is InChI=1S/C11H16F2N4O/c1-6-4-7(2)15-11(9(6)10(14)16-18)17(3)5-8(12)13/h4,8,18H,5H2,1-3H3,(H2,14,16). The maximum Gasteiger partial charge on any atom is 0.255 e. The number of pyridine rings is 1. The first-order valence-electron chi connectivity index (χ1n) is 5.32. The fourth-order valence-electron chi connectivity index (χ4n) is 1.75. The van der Waals surface area contributed by atoms with Crippen molar-refractivity contribution in [2.75, 3.05) is 18.5 Å². The molecule has 5 nitrogen and oxygen atoms in total. The van der Waals surface area contributed by atoms with E-state index in [0.29, 0.717) is 16.8 Å². The molecule has 0 aliphatic rings. The Morgan fingerprint density at radius 1 is 1.56 bits per heavy atom. The van der Waals surface area contributed by atoms with E-state index in [0.717, 1.165) is 0 Å². The quantitative estimate of drug-likeness (QED) is 0.371. The second-order valence-corrected chi connectivity index (χ2v) is 4.04. The smallest absolute Gasteiger partial charge is 0.255 e. The normalized spacial score (nSPS) is 12.0. The number of alkyl halides is 2. The first-order valence-corrected chi connectivity index (χ1v) is 5.32. The topological polar surface area (TPSA) is 74.7 Å². The minimum absolute atomic E-state index is 0.142. The molecule has 0 spiro atoms. The second kappa shape index (κ2) is 5.61. The van der Waals surface area contributed by atoms with E-state index in [1.165, 1.54) is 11.9 Å². The van der Waals surface area contributed by atoms with Crippen molar-refractivity contribution in [3.8, 4) is 0 Å². The van der Waals surface area contributed by atoms with E-state index in [-0.39, 0.29) is 11.7 Å². The maximum absolute atomic E-state index is 12.4. The van der Waals surface area contributed by atoms with Gasteiger partial charge >= 0.3 is 0 Å². The van der Waals surface area contributed by atoms with Crippen LogP contribution in [0, 0.1) is 13.8 Å². The lowest BCUT2D eigenvalue weighted by molar-refractivity contribution is 0.156. The third-order valence-electron chi connectivity index (χ3n) is 2.46. The first kappa shape index (κ1) is 14.1. The van der Waals surface area contributed by atoms with Crippen molar-refractivity contribution in [2.24, 2.45) is 10.9 Å². The molecule has 0 aliphatic heterocycles. The van der Waals surface area contributed by atoms with E-state index in [4.69, 9.17) is 10.9 Å². The number of aryl methyl sites for hydroxylation is 2. The van der Waals surface area contributed by atoms with Gasteiger partial charge in [0.25, 0.3) is 6.43 Å². The minimum atomic E-state index is -2.49. The number of amidine groups is 1. The number of hydrogen-bond donors (Lipinski definition) is 2. The van der Waals surface area contributed by atoms with E-state index in [2.05, 4.69) is 10.1 Å². The van der Waals surface area contributed by atoms with Gasteiger partial charge in [-0.15, -0.1) is 0 Å². The summed E-state index contributed by atoms with van der Waals surface area (Å²) in [4.78, 5) is 5.47. The molecule has 0 radical (unpaired) electrons. The summed E-state index contributed by atoms with van der Waals surface area (Å²) >= 11 is 0. The fraction of sp³-hybridized carbons (Fsp3) is 0.455. The first-order chi connectivity index (χ1) is 8.36. The highest BCUT2D eigenvalue weighted by molar-refractivity contribution is 6.02. The van der Waals surface area contributed by atoms with Gasteiger partial charge in [0, 0.05) is 12.7 Å². The van der Waals surface area contributed by atoms with E-state index in [9.17, 15) is 8.78 Å². The molecule has 3 N–H and O–H groups in total. The third-order valence-corrected chi connectivity index (χ3v) is 2.46. The zero-order valence-electron chi connectivity index (χ0n) is 10.5. The average molecular weight is 258 g/mol. The summed E-state index contributed by atoms with van der Waals surface area (Å²) in [6, 6.07) is 1.74. The number of halogens is 2. The molecule has 7 heteroatoms. The van der Waals surface area contributed by atoms with E-state index in [1.807, 2.05) is 0 Å². The van der Waals surface area contributed by atoms with Crippen LogP contribution in [0.1, 0.15) is 16.8 Å². The van der Waals surface area contributed by atoms with Crippen LogP contribution in [-0.4, -0.2) is 36.0 Å². The second-order valence-electron chi connectivity index (χ2n) is 4.04. The lowest BCUT2D eigenvalue weighted by Crippen LogP contribution is -2.29. The Morgan fingerprint density at radius 2 is 2.17 bits per heavy atom. The molecule has 0 atom stereocenters. The predicted octanol–water partition coefficient (Wildman–Crippen LogP) is 1.49. The lowest BCUT2D eigenvalue weighted by Gasteiger charge is -2.22. The Balaban J connectivity index is 3.31. The number of nitrogens with zero attached hydrogens (tertiary/aromatic N) is 3. The molecule has 0 saturated heterocycles. The van der Waals surface area contributed by atoms with E-state index >= 15 is 0 Å². The Kier molecular flexibility index (Phi) is 4.41. The molecule has 0 aliphatic carbocycles. The molecule has 0 saturated carbocycles. The fourth-order valence-corrected chi connectivity index (χ4v) is 1.75. The van der Waals surface area contributed by atoms with Crippen LogP contribution >= 0.6 is 0 Å². The molecule has 1 heterocycles. The van der Waals surface area contributed by atoms with Crippen LogP contribution in [0.15, 0.2) is 11.2 Å². The van der Waals surface area contributed by atoms with Gasteiger partial charge in [-0.2, -0.15) is 0 Å². The van der Waals surface area contributed by atoms with Crippen molar-refractivity contribution in [1.29, 1.82) is 0 Å². The van der Waals surface area contributed by atoms with E-state index < -0.39 is 13.0 Å². The molecule has 0 amide bonds. The number of aromatic nitrogens is 1. The predicted molar refractivity (Wildman–Crippen MR) is 65.5 cm³/mol. The van der Waals surface area contributed by atoms with Crippen LogP contribution in [0.4, 0.5) is 14.6 Å². The summed E-state index contributed by atoms with van der Waals surface area (Å²) in [5.41, 5.74) is 7.32. The van der Waals surface area contributed by atoms with Gasteiger partial charge in [-0.1, -0.05) is 5.16 Å². The maximum atomic E-state index is 12.4. The van der Waals surface area contributed by atoms with Crippen molar-refractivity contribution in [2.45, 2.75) is 20.3 Å². The van der Waals surface area contributed by atoms with Gasteiger partial charge in [-0.25, -0.2) is 13.8 Å². The van der Waals surface area contributed by atoms with Crippen molar-refractivity contribution in [3.05, 3.63) is 22.9 Å². The van der Waals surface area contributed by atoms with Crippen molar-refractivity contribution >= 4 is 11.7 Å². The molecule has 1 aromatic rings. The van der Waals surface area contributed by atoms with Crippen LogP contribution in [-0.2, 0) is 0 Å². The summed E-state index contributed by atoms with van der Waals surface area (Å²) in [6.45, 7) is 3.03. The number of rotatable bonds is 4. The molecule has 100 valence electrons. The molecular formula is C11H16F2N4O. The number of anilines is 1. The highest BCUT2D eigenvalue weighted by Gasteiger charge is 2.18. The molecular weight excluding hydrogens is 242 g/mol. The summed E-state index contributed by atoms with van der Waals surface area (Å²) in [5, 5.41) is 11.7. The number of oxime groups is 1. The number of nitrogens with two attached hydrogens (primary N) is 1. The summed E-state index contributed by atoms with van der Waals surface area (Å²) < 4.78 is 24.8. The average Bonchev–Trinajstić information content (AvgIpc) is 2.26. The van der Waals surface area contributed by atoms with Gasteiger partial charge in [0.1, 0.15) is 5.82 Å². The van der Waals surface area contributed by atoms with Gasteiger partial charge in [-0.3, -0.25) is 0 Å². The highest BCUT2D eigenvalue weighted by atomic mass is 19.3. The van der Waals surface area contributed by atoms with Crippen LogP contribution < -0.4 is 10.6 Å². The van der Waals surface area contributed by atoms with Gasteiger partial charge < -0.3 is 15.8 Å². The summed E-state index contributed by atoms with van der Waals surface area (Å²) in [5.74, 6) is 0.138. The van der Waals surface area contributed by atoms with Crippen molar-refractivity contribution in [3.63, 3.8) is 0 Å². The molecule has 0 fully saturated rings. The van der Waals surface area contributed by atoms with Crippen LogP contribution in [0.5, 0.6) is 0 Å². The van der Waals surface area contributed by atoms with Gasteiger partial charge in [-0.05, 0) is 25.5 Å². The molecule has 18 heavy (non-hydrogen) atoms. The van der Waals surface area contributed by atoms with Gasteiger partial charge in [0.15, 0.2) is 5.84 Å². The molecule has 1 aromatic heterocycles. The highest BCUT2D eigenvalue weighted by Crippen LogP contribution is 2.22. The minimum Gasteiger partial charge on any atom is -0.409 e. The van der Waals surface area contributed by atoms with Crippen LogP contribution in [0.3, 0.4) is 0 Å². The molecule has 0 unspecified atom stereocenters. The molecule has 0 bridgehead atoms. The van der Waals surface area contributed by atoms with Crippen molar-refractivity contribution < 1.29 is 14.0 Å². The SMILES string of the molecule is Cc1cc(C)c(/C(N)=N/O)c(N(C)CC(F)F)n1. The Bertz CT molecular complexity index is 463. The van der Waals surface area contributed by atoms with Crippen molar-refractivity contribution in [1.82, 2.24) is 4.98 Å². The molecule has 1 rings (SSSR count). The Labute approximate surface area is 104 Å². The number of hydrogen-bond acceptors (Lipinski definition) is 4. The lowest BCUT2D eigenvalue weighted by atomic mass is 10.1. The van der Waals surface area contributed by atoms with Crippen LogP contribution in [0.25, 0.3) is 0 Å². The van der Waals surface area contributed by atoms with Gasteiger partial charge in [0.05, 0.1) is 12.1 Å².